The molecule has 152 valence electrons. The number of ether oxygens (including phenoxy) is 1. The first kappa shape index (κ1) is 20.5. The lowest BCUT2D eigenvalue weighted by Gasteiger charge is -2.09. The number of fused-ring (bicyclic) bond motifs is 1. The van der Waals surface area contributed by atoms with Crippen LogP contribution in [-0.4, -0.2) is 58.0 Å². The molecule has 29 heavy (non-hydrogen) atoms. The minimum atomic E-state index is -0.578. The summed E-state index contributed by atoms with van der Waals surface area (Å²) in [4.78, 5) is 43.7. The fourth-order valence-corrected chi connectivity index (χ4v) is 3.84. The highest BCUT2D eigenvalue weighted by atomic mass is 32.1. The van der Waals surface area contributed by atoms with Crippen LogP contribution >= 0.6 is 11.3 Å². The molecule has 0 aromatic carbocycles. The van der Waals surface area contributed by atoms with E-state index in [-0.39, 0.29) is 28.8 Å². The molecule has 0 atom stereocenters. The predicted molar refractivity (Wildman–Crippen MR) is 109 cm³/mol. The van der Waals surface area contributed by atoms with Crippen molar-refractivity contribution < 1.29 is 19.1 Å². The van der Waals surface area contributed by atoms with Gasteiger partial charge in [0.25, 0.3) is 11.8 Å². The van der Waals surface area contributed by atoms with Gasteiger partial charge in [-0.2, -0.15) is 5.10 Å². The molecule has 0 aliphatic heterocycles. The van der Waals surface area contributed by atoms with Gasteiger partial charge in [0.1, 0.15) is 5.00 Å². The Kier molecular flexibility index (Phi) is 5.92. The average Bonchev–Trinajstić information content (AvgIpc) is 3.26. The summed E-state index contributed by atoms with van der Waals surface area (Å²) in [6, 6.07) is 3.24. The summed E-state index contributed by atoms with van der Waals surface area (Å²) in [6.45, 7) is 3.80. The van der Waals surface area contributed by atoms with Gasteiger partial charge in [0.2, 0.25) is 0 Å². The molecule has 10 heteroatoms. The number of nitrogens with zero attached hydrogens (tertiary/aromatic N) is 4. The molecule has 0 aliphatic carbocycles. The van der Waals surface area contributed by atoms with Crippen molar-refractivity contribution in [2.45, 2.75) is 20.3 Å². The predicted octanol–water partition coefficient (Wildman–Crippen LogP) is 2.62. The highest BCUT2D eigenvalue weighted by Crippen LogP contribution is 2.34. The van der Waals surface area contributed by atoms with Crippen LogP contribution in [0.1, 0.15) is 49.4 Å². The first-order valence-corrected chi connectivity index (χ1v) is 9.79. The molecule has 0 fully saturated rings. The normalized spacial score (nSPS) is 10.8. The third-order valence-electron chi connectivity index (χ3n) is 4.08. The van der Waals surface area contributed by atoms with Crippen molar-refractivity contribution in [1.82, 2.24) is 19.5 Å². The first-order chi connectivity index (χ1) is 13.8. The maximum atomic E-state index is 12.7. The number of hydrogen-bond donors (Lipinski definition) is 1. The van der Waals surface area contributed by atoms with Gasteiger partial charge in [0.15, 0.2) is 11.3 Å². The quantitative estimate of drug-likeness (QED) is 0.621. The van der Waals surface area contributed by atoms with Gasteiger partial charge in [-0.1, -0.05) is 6.92 Å². The summed E-state index contributed by atoms with van der Waals surface area (Å²) in [7, 11) is 3.25. The van der Waals surface area contributed by atoms with Crippen molar-refractivity contribution in [3.63, 3.8) is 0 Å². The van der Waals surface area contributed by atoms with Gasteiger partial charge in [-0.15, -0.1) is 11.3 Å². The Morgan fingerprint density at radius 3 is 2.72 bits per heavy atom. The lowest BCUT2D eigenvalue weighted by atomic mass is 10.1. The molecule has 3 rings (SSSR count). The molecule has 3 aromatic heterocycles. The molecule has 3 aromatic rings. The number of rotatable bonds is 6. The van der Waals surface area contributed by atoms with Gasteiger partial charge in [0.05, 0.1) is 17.0 Å². The number of carbonyl (C=O) groups excluding carboxylic acids is 3. The van der Waals surface area contributed by atoms with Gasteiger partial charge in [-0.25, -0.2) is 14.3 Å². The minimum Gasteiger partial charge on any atom is -0.462 e. The molecule has 0 radical (unpaired) electrons. The van der Waals surface area contributed by atoms with Crippen LogP contribution in [0, 0.1) is 6.92 Å². The Balaban J connectivity index is 1.97. The number of hydrogen-bond acceptors (Lipinski definition) is 7. The van der Waals surface area contributed by atoms with Crippen molar-refractivity contribution in [3.05, 3.63) is 46.2 Å². The number of anilines is 1. The lowest BCUT2D eigenvalue weighted by Crippen LogP contribution is -2.21. The summed E-state index contributed by atoms with van der Waals surface area (Å²) in [5, 5.41) is 7.14. The van der Waals surface area contributed by atoms with E-state index in [1.165, 1.54) is 15.5 Å². The van der Waals surface area contributed by atoms with Gasteiger partial charge < -0.3 is 15.0 Å². The molecule has 3 heterocycles. The summed E-state index contributed by atoms with van der Waals surface area (Å²) in [5.41, 5.74) is 1.32. The van der Waals surface area contributed by atoms with Crippen LogP contribution < -0.4 is 5.32 Å². The van der Waals surface area contributed by atoms with Crippen molar-refractivity contribution in [1.29, 1.82) is 0 Å². The largest absolute Gasteiger partial charge is 0.462 e. The molecular formula is C19H21N5O4S. The zero-order valence-corrected chi connectivity index (χ0v) is 17.4. The van der Waals surface area contributed by atoms with Gasteiger partial charge in [0, 0.05) is 32.6 Å². The molecule has 1 N–H and O–H groups in total. The summed E-state index contributed by atoms with van der Waals surface area (Å²) in [6.07, 6.45) is 3.94. The van der Waals surface area contributed by atoms with E-state index < -0.39 is 11.9 Å². The highest BCUT2D eigenvalue weighted by Gasteiger charge is 2.28. The maximum absolute atomic E-state index is 12.7. The van der Waals surface area contributed by atoms with Crippen LogP contribution in [0.25, 0.3) is 5.65 Å². The van der Waals surface area contributed by atoms with E-state index in [1.54, 1.807) is 39.5 Å². The Morgan fingerprint density at radius 2 is 2.07 bits per heavy atom. The molecule has 0 aliphatic rings. The van der Waals surface area contributed by atoms with Gasteiger partial charge in [-0.05, 0) is 25.0 Å². The van der Waals surface area contributed by atoms with E-state index in [4.69, 9.17) is 4.74 Å². The fraction of sp³-hybridized carbons (Fsp3) is 0.316. The summed E-state index contributed by atoms with van der Waals surface area (Å²) in [5.74, 6) is -1.34. The highest BCUT2D eigenvalue weighted by molar-refractivity contribution is 7.18. The van der Waals surface area contributed by atoms with Crippen molar-refractivity contribution in [3.8, 4) is 0 Å². The molecule has 2 amide bonds. The number of aromatic nitrogens is 3. The molecule has 0 saturated heterocycles. The second kappa shape index (κ2) is 8.39. The zero-order valence-electron chi connectivity index (χ0n) is 16.6. The average molecular weight is 415 g/mol. The SMILES string of the molecule is CCCOC(=O)c1c(NC(=O)c2cc3ncccn3n2)sc(C(=O)N(C)C)c1C. The topological polar surface area (TPSA) is 106 Å². The minimum absolute atomic E-state index is 0.142. The Bertz CT molecular complexity index is 1050. The first-order valence-electron chi connectivity index (χ1n) is 8.97. The van der Waals surface area contributed by atoms with E-state index in [1.807, 2.05) is 6.92 Å². The molecule has 9 nitrogen and oxygen atoms in total. The maximum Gasteiger partial charge on any atom is 0.341 e. The Morgan fingerprint density at radius 1 is 1.31 bits per heavy atom. The standard InChI is InChI=1S/C19H21N5O4S/c1-5-9-28-19(27)14-11(2)15(18(26)23(3)4)29-17(14)21-16(25)12-10-13-20-7-6-8-24(13)22-12/h6-8,10H,5,9H2,1-4H3,(H,21,25). The molecular weight excluding hydrogens is 394 g/mol. The third kappa shape index (κ3) is 4.11. The lowest BCUT2D eigenvalue weighted by molar-refractivity contribution is 0.0506. The summed E-state index contributed by atoms with van der Waals surface area (Å²) < 4.78 is 6.73. The second-order valence-corrected chi connectivity index (χ2v) is 7.52. The fourth-order valence-electron chi connectivity index (χ4n) is 2.63. The van der Waals surface area contributed by atoms with Crippen molar-refractivity contribution >= 4 is 39.8 Å². The van der Waals surface area contributed by atoms with E-state index in [0.717, 1.165) is 11.3 Å². The molecule has 0 bridgehead atoms. The van der Waals surface area contributed by atoms with Crippen LogP contribution in [-0.2, 0) is 4.74 Å². The van der Waals surface area contributed by atoms with E-state index in [9.17, 15) is 14.4 Å². The van der Waals surface area contributed by atoms with Crippen LogP contribution in [0.5, 0.6) is 0 Å². The monoisotopic (exact) mass is 415 g/mol. The van der Waals surface area contributed by atoms with Crippen LogP contribution in [0.3, 0.4) is 0 Å². The number of amides is 2. The van der Waals surface area contributed by atoms with Crippen molar-refractivity contribution in [2.75, 3.05) is 26.0 Å². The van der Waals surface area contributed by atoms with Crippen LogP contribution in [0.15, 0.2) is 24.5 Å². The van der Waals surface area contributed by atoms with Crippen LogP contribution in [0.2, 0.25) is 0 Å². The number of carbonyl (C=O) groups is 3. The number of esters is 1. The molecule has 0 spiro atoms. The summed E-state index contributed by atoms with van der Waals surface area (Å²) >= 11 is 1.04. The number of nitrogens with one attached hydrogen (secondary N) is 1. The van der Waals surface area contributed by atoms with Gasteiger partial charge >= 0.3 is 5.97 Å². The van der Waals surface area contributed by atoms with E-state index in [0.29, 0.717) is 22.5 Å². The Hall–Kier alpha value is -3.27. The zero-order chi connectivity index (χ0) is 21.1. The molecule has 0 saturated carbocycles. The van der Waals surface area contributed by atoms with Crippen molar-refractivity contribution in [2.24, 2.45) is 0 Å². The van der Waals surface area contributed by atoms with Gasteiger partial charge in [-0.3, -0.25) is 9.59 Å². The molecule has 0 unspecified atom stereocenters. The third-order valence-corrected chi connectivity index (χ3v) is 5.28. The number of thiophene rings is 1. The van der Waals surface area contributed by atoms with E-state index in [2.05, 4.69) is 15.4 Å². The Labute approximate surface area is 171 Å². The second-order valence-electron chi connectivity index (χ2n) is 6.50. The van der Waals surface area contributed by atoms with E-state index >= 15 is 0 Å². The smallest absolute Gasteiger partial charge is 0.341 e. The van der Waals surface area contributed by atoms with Crippen LogP contribution in [0.4, 0.5) is 5.00 Å².